The van der Waals surface area contributed by atoms with Crippen molar-refractivity contribution in [2.24, 2.45) is 0 Å². The lowest BCUT2D eigenvalue weighted by Crippen LogP contribution is -2.12. The number of aromatic nitrogens is 1. The molecule has 0 aliphatic rings. The first-order valence-corrected chi connectivity index (χ1v) is 5.04. The number of esters is 1. The molecule has 1 N–H and O–H groups in total. The van der Waals surface area contributed by atoms with Crippen LogP contribution in [-0.2, 0) is 9.53 Å². The van der Waals surface area contributed by atoms with Crippen molar-refractivity contribution >= 4 is 12.0 Å². The summed E-state index contributed by atoms with van der Waals surface area (Å²) < 4.78 is 4.90. The number of H-pyrrole nitrogens is 1. The molecular formula is C12H12N2O3. The van der Waals surface area contributed by atoms with Crippen LogP contribution < -0.4 is 5.56 Å². The molecule has 5 heteroatoms. The van der Waals surface area contributed by atoms with E-state index in [9.17, 15) is 9.59 Å². The van der Waals surface area contributed by atoms with Gasteiger partial charge in [0, 0.05) is 12.3 Å². The van der Waals surface area contributed by atoms with Crippen LogP contribution in [0, 0.1) is 11.3 Å². The normalized spacial score (nSPS) is 11.1. The molecule has 0 radical (unpaired) electrons. The summed E-state index contributed by atoms with van der Waals surface area (Å²) in [6.45, 7) is 3.40. The van der Waals surface area contributed by atoms with Crippen molar-refractivity contribution in [2.45, 2.75) is 20.0 Å². The lowest BCUT2D eigenvalue weighted by molar-refractivity contribution is -0.142. The first kappa shape index (κ1) is 12.7. The van der Waals surface area contributed by atoms with Gasteiger partial charge >= 0.3 is 5.97 Å². The summed E-state index contributed by atoms with van der Waals surface area (Å²) in [5, 5.41) is 8.83. The summed E-state index contributed by atoms with van der Waals surface area (Å²) >= 11 is 0. The van der Waals surface area contributed by atoms with E-state index in [0.29, 0.717) is 5.56 Å². The molecule has 0 unspecified atom stereocenters. The third-order valence-electron chi connectivity index (χ3n) is 1.80. The maximum Gasteiger partial charge on any atom is 0.349 e. The van der Waals surface area contributed by atoms with Gasteiger partial charge < -0.3 is 9.72 Å². The van der Waals surface area contributed by atoms with Crippen LogP contribution in [0.1, 0.15) is 19.4 Å². The minimum absolute atomic E-state index is 0.106. The minimum Gasteiger partial charge on any atom is -0.459 e. The summed E-state index contributed by atoms with van der Waals surface area (Å²) in [7, 11) is 0. The van der Waals surface area contributed by atoms with Crippen LogP contribution in [0.15, 0.2) is 28.7 Å². The van der Waals surface area contributed by atoms with Gasteiger partial charge in [-0.05, 0) is 31.6 Å². The van der Waals surface area contributed by atoms with Gasteiger partial charge in [0.2, 0.25) is 5.56 Å². The zero-order chi connectivity index (χ0) is 12.8. The van der Waals surface area contributed by atoms with Gasteiger partial charge in [-0.15, -0.1) is 0 Å². The van der Waals surface area contributed by atoms with Crippen molar-refractivity contribution in [2.75, 3.05) is 0 Å². The van der Waals surface area contributed by atoms with Crippen LogP contribution >= 0.6 is 0 Å². The number of carbonyl (C=O) groups excluding carboxylic acids is 1. The Labute approximate surface area is 98.3 Å². The second kappa shape index (κ2) is 5.66. The molecule has 0 atom stereocenters. The third-order valence-corrected chi connectivity index (χ3v) is 1.80. The Balaban J connectivity index is 2.95. The maximum absolute atomic E-state index is 11.5. The molecule has 0 spiro atoms. The fourth-order valence-electron chi connectivity index (χ4n) is 1.09. The van der Waals surface area contributed by atoms with Gasteiger partial charge in [0.25, 0.3) is 0 Å². The zero-order valence-corrected chi connectivity index (χ0v) is 9.56. The van der Waals surface area contributed by atoms with Crippen molar-refractivity contribution < 1.29 is 9.53 Å². The molecular weight excluding hydrogens is 220 g/mol. The fourth-order valence-corrected chi connectivity index (χ4v) is 1.09. The number of nitriles is 1. The van der Waals surface area contributed by atoms with E-state index in [1.165, 1.54) is 24.4 Å². The Bertz CT molecular complexity index is 515. The molecule has 0 saturated heterocycles. The SMILES string of the molecule is CC(C)OC(=O)C(C#N)=Cc1ccc(=O)[nH]c1. The van der Waals surface area contributed by atoms with Gasteiger partial charge in [-0.3, -0.25) is 4.79 Å². The molecule has 1 heterocycles. The van der Waals surface area contributed by atoms with E-state index in [1.807, 2.05) is 0 Å². The molecule has 0 aliphatic heterocycles. The number of ether oxygens (including phenoxy) is 1. The Morgan fingerprint density at radius 2 is 2.24 bits per heavy atom. The number of hydrogen-bond acceptors (Lipinski definition) is 4. The van der Waals surface area contributed by atoms with Crippen LogP contribution in [0.3, 0.4) is 0 Å². The summed E-state index contributed by atoms with van der Waals surface area (Å²) in [4.78, 5) is 24.7. The lowest BCUT2D eigenvalue weighted by atomic mass is 10.2. The number of rotatable bonds is 3. The highest BCUT2D eigenvalue weighted by Gasteiger charge is 2.12. The number of aromatic amines is 1. The Morgan fingerprint density at radius 1 is 1.53 bits per heavy atom. The summed E-state index contributed by atoms with van der Waals surface area (Å²) in [6.07, 6.45) is 2.50. The van der Waals surface area contributed by atoms with Crippen molar-refractivity contribution in [3.8, 4) is 6.07 Å². The van der Waals surface area contributed by atoms with Crippen LogP contribution in [0.2, 0.25) is 0 Å². The molecule has 88 valence electrons. The smallest absolute Gasteiger partial charge is 0.349 e. The standard InChI is InChI=1S/C12H12N2O3/c1-8(2)17-12(16)10(6-13)5-9-3-4-11(15)14-7-9/h3-5,7-8H,1-2H3,(H,14,15). The topological polar surface area (TPSA) is 82.9 Å². The Kier molecular flexibility index (Phi) is 4.23. The van der Waals surface area contributed by atoms with E-state index in [-0.39, 0.29) is 17.2 Å². The second-order valence-corrected chi connectivity index (χ2v) is 3.61. The van der Waals surface area contributed by atoms with Crippen LogP contribution in [0.25, 0.3) is 6.08 Å². The lowest BCUT2D eigenvalue weighted by Gasteiger charge is -2.06. The molecule has 1 aromatic heterocycles. The van der Waals surface area contributed by atoms with Crippen molar-refractivity contribution in [1.82, 2.24) is 4.98 Å². The van der Waals surface area contributed by atoms with E-state index >= 15 is 0 Å². The van der Waals surface area contributed by atoms with Gasteiger partial charge in [0.15, 0.2) is 0 Å². The van der Waals surface area contributed by atoms with E-state index in [2.05, 4.69) is 4.98 Å². The van der Waals surface area contributed by atoms with Gasteiger partial charge in [0.1, 0.15) is 11.6 Å². The summed E-state index contributed by atoms with van der Waals surface area (Å²) in [5.41, 5.74) is 0.206. The Morgan fingerprint density at radius 3 is 2.71 bits per heavy atom. The molecule has 1 rings (SSSR count). The van der Waals surface area contributed by atoms with Gasteiger partial charge in [0.05, 0.1) is 6.10 Å². The molecule has 0 bridgehead atoms. The molecule has 0 aliphatic carbocycles. The van der Waals surface area contributed by atoms with Crippen molar-refractivity contribution in [1.29, 1.82) is 5.26 Å². The molecule has 17 heavy (non-hydrogen) atoms. The predicted octanol–water partition coefficient (Wildman–Crippen LogP) is 1.23. The molecule has 5 nitrogen and oxygen atoms in total. The number of carbonyl (C=O) groups is 1. The highest BCUT2D eigenvalue weighted by Crippen LogP contribution is 2.06. The number of nitrogens with zero attached hydrogens (tertiary/aromatic N) is 1. The number of nitrogens with one attached hydrogen (secondary N) is 1. The highest BCUT2D eigenvalue weighted by molar-refractivity contribution is 5.97. The summed E-state index contributed by atoms with van der Waals surface area (Å²) in [5.74, 6) is -0.673. The molecule has 0 fully saturated rings. The predicted molar refractivity (Wildman–Crippen MR) is 61.9 cm³/mol. The van der Waals surface area contributed by atoms with E-state index in [4.69, 9.17) is 10.00 Å². The van der Waals surface area contributed by atoms with E-state index in [0.717, 1.165) is 0 Å². The van der Waals surface area contributed by atoms with Crippen molar-refractivity contribution in [3.63, 3.8) is 0 Å². The quantitative estimate of drug-likeness (QED) is 0.482. The van der Waals surface area contributed by atoms with E-state index in [1.54, 1.807) is 19.9 Å². The highest BCUT2D eigenvalue weighted by atomic mass is 16.5. The monoisotopic (exact) mass is 232 g/mol. The molecule has 0 amide bonds. The van der Waals surface area contributed by atoms with E-state index < -0.39 is 5.97 Å². The first-order chi connectivity index (χ1) is 8.02. The molecule has 0 aromatic carbocycles. The van der Waals surface area contributed by atoms with Gasteiger partial charge in [-0.1, -0.05) is 0 Å². The number of pyridine rings is 1. The zero-order valence-electron chi connectivity index (χ0n) is 9.56. The maximum atomic E-state index is 11.5. The van der Waals surface area contributed by atoms with Gasteiger partial charge in [-0.2, -0.15) is 5.26 Å². The Hall–Kier alpha value is -2.35. The van der Waals surface area contributed by atoms with Crippen molar-refractivity contribution in [3.05, 3.63) is 39.8 Å². The van der Waals surface area contributed by atoms with Crippen LogP contribution in [0.5, 0.6) is 0 Å². The van der Waals surface area contributed by atoms with Crippen LogP contribution in [0.4, 0.5) is 0 Å². The van der Waals surface area contributed by atoms with Gasteiger partial charge in [-0.25, -0.2) is 4.79 Å². The first-order valence-electron chi connectivity index (χ1n) is 5.04. The molecule has 0 saturated carbocycles. The average molecular weight is 232 g/mol. The van der Waals surface area contributed by atoms with Crippen LogP contribution in [-0.4, -0.2) is 17.1 Å². The summed E-state index contributed by atoms with van der Waals surface area (Å²) in [6, 6.07) is 4.59. The second-order valence-electron chi connectivity index (χ2n) is 3.61. The number of hydrogen-bond donors (Lipinski definition) is 1. The fraction of sp³-hybridized carbons (Fsp3) is 0.250. The third kappa shape index (κ3) is 3.95. The largest absolute Gasteiger partial charge is 0.459 e. The minimum atomic E-state index is -0.673. The average Bonchev–Trinajstić information content (AvgIpc) is 2.27. The molecule has 1 aromatic rings.